The molecule has 0 saturated heterocycles. The fourth-order valence-corrected chi connectivity index (χ4v) is 3.33. The summed E-state index contributed by atoms with van der Waals surface area (Å²) in [4.78, 5) is 24.7. The van der Waals surface area contributed by atoms with Gasteiger partial charge in [0.1, 0.15) is 0 Å². The Morgan fingerprint density at radius 1 is 0.893 bits per heavy atom. The number of aryl methyl sites for hydroxylation is 1. The summed E-state index contributed by atoms with van der Waals surface area (Å²) in [5, 5.41) is 5.74. The second kappa shape index (κ2) is 8.57. The Balaban J connectivity index is 1.74. The molecule has 0 fully saturated rings. The van der Waals surface area contributed by atoms with Crippen molar-refractivity contribution in [3.05, 3.63) is 88.7 Å². The highest BCUT2D eigenvalue weighted by Crippen LogP contribution is 2.20. The molecule has 0 aliphatic rings. The lowest BCUT2D eigenvalue weighted by Gasteiger charge is -2.10. The first kappa shape index (κ1) is 19.4. The molecule has 0 radical (unpaired) electrons. The van der Waals surface area contributed by atoms with E-state index in [1.54, 1.807) is 12.1 Å². The Labute approximate surface area is 165 Å². The number of para-hydroxylation sites is 1. The predicted octanol–water partition coefficient (Wildman–Crippen LogP) is 3.77. The molecule has 0 bridgehead atoms. The van der Waals surface area contributed by atoms with Crippen LogP contribution in [0.3, 0.4) is 0 Å². The van der Waals surface area contributed by atoms with Crippen LogP contribution in [0.15, 0.2) is 60.7 Å². The van der Waals surface area contributed by atoms with Gasteiger partial charge in [0.25, 0.3) is 11.8 Å². The van der Waals surface area contributed by atoms with Gasteiger partial charge in [-0.25, -0.2) is 0 Å². The van der Waals surface area contributed by atoms with Crippen LogP contribution in [-0.2, 0) is 6.54 Å². The Bertz CT molecular complexity index is 990. The minimum Gasteiger partial charge on any atom is -0.352 e. The lowest BCUT2D eigenvalue weighted by Crippen LogP contribution is -2.24. The SMILES string of the molecule is CCNC(=O)c1cccc(CNC(=O)c2cc(C)n(-c3ccccc3)c2C)c1. The summed E-state index contributed by atoms with van der Waals surface area (Å²) in [6.07, 6.45) is 0. The minimum atomic E-state index is -0.126. The summed E-state index contributed by atoms with van der Waals surface area (Å²) >= 11 is 0. The fourth-order valence-electron chi connectivity index (χ4n) is 3.33. The summed E-state index contributed by atoms with van der Waals surface area (Å²) in [6.45, 7) is 6.77. The molecule has 0 unspecified atom stereocenters. The third kappa shape index (κ3) is 4.14. The maximum Gasteiger partial charge on any atom is 0.253 e. The van der Waals surface area contributed by atoms with Crippen molar-refractivity contribution in [1.29, 1.82) is 0 Å². The maximum atomic E-state index is 12.8. The van der Waals surface area contributed by atoms with E-state index in [0.717, 1.165) is 22.6 Å². The van der Waals surface area contributed by atoms with E-state index in [0.29, 0.717) is 24.2 Å². The van der Waals surface area contributed by atoms with Crippen LogP contribution in [0.25, 0.3) is 5.69 Å². The van der Waals surface area contributed by atoms with Crippen molar-refractivity contribution in [3.8, 4) is 5.69 Å². The van der Waals surface area contributed by atoms with Gasteiger partial charge in [-0.1, -0.05) is 30.3 Å². The van der Waals surface area contributed by atoms with Crippen LogP contribution in [0.5, 0.6) is 0 Å². The summed E-state index contributed by atoms with van der Waals surface area (Å²) in [5.74, 6) is -0.235. The number of nitrogens with one attached hydrogen (secondary N) is 2. The lowest BCUT2D eigenvalue weighted by molar-refractivity contribution is 0.0946. The van der Waals surface area contributed by atoms with E-state index in [2.05, 4.69) is 15.2 Å². The fraction of sp³-hybridized carbons (Fsp3) is 0.217. The Kier molecular flexibility index (Phi) is 5.94. The van der Waals surface area contributed by atoms with Crippen LogP contribution in [0.4, 0.5) is 0 Å². The summed E-state index contributed by atoms with van der Waals surface area (Å²) < 4.78 is 2.07. The van der Waals surface area contributed by atoms with Gasteiger partial charge >= 0.3 is 0 Å². The van der Waals surface area contributed by atoms with Gasteiger partial charge in [0.05, 0.1) is 5.56 Å². The molecule has 28 heavy (non-hydrogen) atoms. The standard InChI is InChI=1S/C23H25N3O2/c1-4-24-22(27)19-10-8-9-18(14-19)15-25-23(28)21-13-16(2)26(17(21)3)20-11-6-5-7-12-20/h5-14H,4,15H2,1-3H3,(H,24,27)(H,25,28). The van der Waals surface area contributed by atoms with Crippen molar-refractivity contribution < 1.29 is 9.59 Å². The number of hydrogen-bond donors (Lipinski definition) is 2. The molecule has 1 heterocycles. The van der Waals surface area contributed by atoms with Crippen LogP contribution in [-0.4, -0.2) is 22.9 Å². The van der Waals surface area contributed by atoms with E-state index in [-0.39, 0.29) is 11.8 Å². The summed E-state index contributed by atoms with van der Waals surface area (Å²) in [7, 11) is 0. The zero-order valence-electron chi connectivity index (χ0n) is 16.5. The Morgan fingerprint density at radius 3 is 2.36 bits per heavy atom. The predicted molar refractivity (Wildman–Crippen MR) is 111 cm³/mol. The van der Waals surface area contributed by atoms with Gasteiger partial charge in [0.2, 0.25) is 0 Å². The molecule has 0 saturated carbocycles. The molecule has 2 amide bonds. The van der Waals surface area contributed by atoms with Crippen LogP contribution in [0, 0.1) is 13.8 Å². The van der Waals surface area contributed by atoms with E-state index in [4.69, 9.17) is 0 Å². The molecule has 0 atom stereocenters. The Morgan fingerprint density at radius 2 is 1.64 bits per heavy atom. The van der Waals surface area contributed by atoms with Gasteiger partial charge in [-0.3, -0.25) is 9.59 Å². The molecule has 5 nitrogen and oxygen atoms in total. The highest BCUT2D eigenvalue weighted by molar-refractivity contribution is 5.96. The number of benzene rings is 2. The van der Waals surface area contributed by atoms with Gasteiger partial charge in [-0.05, 0) is 56.7 Å². The minimum absolute atomic E-state index is 0.109. The molecular weight excluding hydrogens is 350 g/mol. The smallest absolute Gasteiger partial charge is 0.253 e. The van der Waals surface area contributed by atoms with E-state index < -0.39 is 0 Å². The van der Waals surface area contributed by atoms with E-state index >= 15 is 0 Å². The number of hydrogen-bond acceptors (Lipinski definition) is 2. The third-order valence-corrected chi connectivity index (χ3v) is 4.67. The van der Waals surface area contributed by atoms with Crippen LogP contribution < -0.4 is 10.6 Å². The Hall–Kier alpha value is -3.34. The number of carbonyl (C=O) groups excluding carboxylic acids is 2. The van der Waals surface area contributed by atoms with E-state index in [9.17, 15) is 9.59 Å². The van der Waals surface area contributed by atoms with Gasteiger partial charge < -0.3 is 15.2 Å². The van der Waals surface area contributed by atoms with Gasteiger partial charge in [0.15, 0.2) is 0 Å². The number of aromatic nitrogens is 1. The van der Waals surface area contributed by atoms with Crippen molar-refractivity contribution >= 4 is 11.8 Å². The molecule has 0 aliphatic carbocycles. The van der Waals surface area contributed by atoms with Crippen LogP contribution in [0.1, 0.15) is 44.6 Å². The summed E-state index contributed by atoms with van der Waals surface area (Å²) in [5.41, 5.74) is 5.07. The molecular formula is C23H25N3O2. The zero-order chi connectivity index (χ0) is 20.1. The molecule has 2 N–H and O–H groups in total. The average Bonchev–Trinajstić information content (AvgIpc) is 3.01. The monoisotopic (exact) mass is 375 g/mol. The third-order valence-electron chi connectivity index (χ3n) is 4.67. The lowest BCUT2D eigenvalue weighted by atomic mass is 10.1. The van der Waals surface area contributed by atoms with Crippen molar-refractivity contribution in [2.24, 2.45) is 0 Å². The second-order valence-electron chi connectivity index (χ2n) is 6.70. The highest BCUT2D eigenvalue weighted by atomic mass is 16.2. The van der Waals surface area contributed by atoms with Crippen molar-refractivity contribution in [2.45, 2.75) is 27.3 Å². The normalized spacial score (nSPS) is 10.5. The van der Waals surface area contributed by atoms with Gasteiger partial charge in [-0.15, -0.1) is 0 Å². The topological polar surface area (TPSA) is 63.1 Å². The zero-order valence-corrected chi connectivity index (χ0v) is 16.5. The van der Waals surface area contributed by atoms with Crippen molar-refractivity contribution in [3.63, 3.8) is 0 Å². The first-order chi connectivity index (χ1) is 13.5. The number of amides is 2. The largest absolute Gasteiger partial charge is 0.352 e. The van der Waals surface area contributed by atoms with Gasteiger partial charge in [-0.2, -0.15) is 0 Å². The summed E-state index contributed by atoms with van der Waals surface area (Å²) in [6, 6.07) is 19.2. The molecule has 5 heteroatoms. The first-order valence-corrected chi connectivity index (χ1v) is 9.41. The molecule has 0 aliphatic heterocycles. The number of carbonyl (C=O) groups is 2. The maximum absolute atomic E-state index is 12.8. The molecule has 0 spiro atoms. The second-order valence-corrected chi connectivity index (χ2v) is 6.70. The van der Waals surface area contributed by atoms with Crippen LogP contribution in [0.2, 0.25) is 0 Å². The molecule has 1 aromatic heterocycles. The van der Waals surface area contributed by atoms with E-state index in [1.165, 1.54) is 0 Å². The quantitative estimate of drug-likeness (QED) is 0.689. The molecule has 3 rings (SSSR count). The molecule has 2 aromatic carbocycles. The average molecular weight is 375 g/mol. The van der Waals surface area contributed by atoms with E-state index in [1.807, 2.05) is 69.3 Å². The highest BCUT2D eigenvalue weighted by Gasteiger charge is 2.16. The number of nitrogens with zero attached hydrogens (tertiary/aromatic N) is 1. The van der Waals surface area contributed by atoms with Crippen LogP contribution >= 0.6 is 0 Å². The first-order valence-electron chi connectivity index (χ1n) is 9.41. The van der Waals surface area contributed by atoms with Gasteiger partial charge in [0, 0.05) is 35.7 Å². The number of rotatable bonds is 6. The van der Waals surface area contributed by atoms with Crippen molar-refractivity contribution in [2.75, 3.05) is 6.54 Å². The molecule has 144 valence electrons. The molecule has 3 aromatic rings. The van der Waals surface area contributed by atoms with Crippen molar-refractivity contribution in [1.82, 2.24) is 15.2 Å².